The summed E-state index contributed by atoms with van der Waals surface area (Å²) in [6.07, 6.45) is 6.84. The summed E-state index contributed by atoms with van der Waals surface area (Å²) in [6, 6.07) is 3.74. The Kier molecular flexibility index (Phi) is 3.76. The van der Waals surface area contributed by atoms with Crippen LogP contribution in [0.1, 0.15) is 6.92 Å². The van der Waals surface area contributed by atoms with Crippen LogP contribution in [0.2, 0.25) is 0 Å². The van der Waals surface area contributed by atoms with Crippen molar-refractivity contribution in [2.45, 2.75) is 18.7 Å². The molecule has 0 fully saturated rings. The van der Waals surface area contributed by atoms with Gasteiger partial charge in [0.2, 0.25) is 0 Å². The molecule has 18 heavy (non-hydrogen) atoms. The van der Waals surface area contributed by atoms with E-state index in [1.165, 1.54) is 0 Å². The average molecular weight is 264 g/mol. The largest absolute Gasteiger partial charge is 0.383 e. The Balaban J connectivity index is 2.34. The second-order valence-corrected chi connectivity index (χ2v) is 5.98. The van der Waals surface area contributed by atoms with Gasteiger partial charge in [0, 0.05) is 40.6 Å². The van der Waals surface area contributed by atoms with E-state index in [2.05, 4.69) is 9.97 Å². The van der Waals surface area contributed by atoms with E-state index in [9.17, 15) is 4.21 Å². The summed E-state index contributed by atoms with van der Waals surface area (Å²) in [7, 11) is -0.860. The van der Waals surface area contributed by atoms with Gasteiger partial charge in [-0.3, -0.25) is 4.21 Å². The predicted octanol–water partition coefficient (Wildman–Crippen LogP) is 1.29. The third kappa shape index (κ3) is 2.59. The zero-order chi connectivity index (χ0) is 13.1. The van der Waals surface area contributed by atoms with Crippen molar-refractivity contribution in [3.8, 4) is 11.3 Å². The number of nitrogens with zero attached hydrogens (tertiary/aromatic N) is 3. The Hall–Kier alpha value is -1.69. The first-order chi connectivity index (χ1) is 8.59. The van der Waals surface area contributed by atoms with E-state index < -0.39 is 10.8 Å². The van der Waals surface area contributed by atoms with Gasteiger partial charge in [0.1, 0.15) is 5.82 Å². The lowest BCUT2D eigenvalue weighted by atomic mass is 10.2. The molecule has 2 heterocycles. The second-order valence-electron chi connectivity index (χ2n) is 4.18. The number of pyridine rings is 1. The van der Waals surface area contributed by atoms with Crippen LogP contribution in [0.3, 0.4) is 0 Å². The normalized spacial score (nSPS) is 14.3. The first kappa shape index (κ1) is 12.8. The molecule has 2 N–H and O–H groups in total. The molecular weight excluding hydrogens is 248 g/mol. The fourth-order valence-corrected chi connectivity index (χ4v) is 2.08. The van der Waals surface area contributed by atoms with Gasteiger partial charge in [0.25, 0.3) is 0 Å². The summed E-state index contributed by atoms with van der Waals surface area (Å²) in [5.74, 6) is 0.476. The van der Waals surface area contributed by atoms with Gasteiger partial charge in [-0.25, -0.2) is 9.97 Å². The van der Waals surface area contributed by atoms with Crippen LogP contribution in [-0.4, -0.2) is 30.2 Å². The Morgan fingerprint density at radius 3 is 3.00 bits per heavy atom. The van der Waals surface area contributed by atoms with Gasteiger partial charge in [0.15, 0.2) is 0 Å². The second kappa shape index (κ2) is 5.30. The minimum atomic E-state index is -0.860. The third-order valence-corrected chi connectivity index (χ3v) is 4.13. The van der Waals surface area contributed by atoms with Crippen molar-refractivity contribution in [1.29, 1.82) is 0 Å². The molecule has 0 aliphatic heterocycles. The van der Waals surface area contributed by atoms with E-state index in [1.54, 1.807) is 25.0 Å². The van der Waals surface area contributed by atoms with Crippen molar-refractivity contribution in [2.24, 2.45) is 0 Å². The first-order valence-corrected chi connectivity index (χ1v) is 7.25. The molecule has 0 saturated carbocycles. The SMILES string of the molecule is CC(Cn1cncc1-c1cccnc1N)S(C)=O. The van der Waals surface area contributed by atoms with Gasteiger partial charge in [-0.05, 0) is 19.1 Å². The number of nitrogens with two attached hydrogens (primary N) is 1. The summed E-state index contributed by atoms with van der Waals surface area (Å²) in [4.78, 5) is 8.20. The van der Waals surface area contributed by atoms with E-state index in [0.29, 0.717) is 12.4 Å². The molecule has 2 aromatic heterocycles. The molecule has 2 aromatic rings. The summed E-state index contributed by atoms with van der Waals surface area (Å²) in [5.41, 5.74) is 7.61. The molecule has 0 spiro atoms. The summed E-state index contributed by atoms with van der Waals surface area (Å²) < 4.78 is 13.4. The van der Waals surface area contributed by atoms with Gasteiger partial charge >= 0.3 is 0 Å². The Morgan fingerprint density at radius 2 is 2.33 bits per heavy atom. The summed E-state index contributed by atoms with van der Waals surface area (Å²) >= 11 is 0. The number of hydrogen-bond donors (Lipinski definition) is 1. The van der Waals surface area contributed by atoms with Crippen molar-refractivity contribution in [3.63, 3.8) is 0 Å². The van der Waals surface area contributed by atoms with E-state index >= 15 is 0 Å². The lowest BCUT2D eigenvalue weighted by molar-refractivity contribution is 0.645. The number of rotatable bonds is 4. The van der Waals surface area contributed by atoms with Crippen LogP contribution < -0.4 is 5.73 Å². The van der Waals surface area contributed by atoms with Crippen molar-refractivity contribution >= 4 is 16.6 Å². The van der Waals surface area contributed by atoms with Crippen LogP contribution >= 0.6 is 0 Å². The van der Waals surface area contributed by atoms with E-state index in [1.807, 2.05) is 23.6 Å². The molecule has 2 unspecified atom stereocenters. The smallest absolute Gasteiger partial charge is 0.132 e. The quantitative estimate of drug-likeness (QED) is 0.903. The molecule has 0 bridgehead atoms. The maximum absolute atomic E-state index is 11.4. The third-order valence-electron chi connectivity index (χ3n) is 2.85. The number of nitrogen functional groups attached to an aromatic ring is 1. The molecular formula is C12H16N4OS. The zero-order valence-corrected chi connectivity index (χ0v) is 11.2. The Labute approximate surface area is 109 Å². The Bertz CT molecular complexity index is 567. The van der Waals surface area contributed by atoms with Gasteiger partial charge in [-0.1, -0.05) is 0 Å². The molecule has 6 heteroatoms. The van der Waals surface area contributed by atoms with Gasteiger partial charge < -0.3 is 10.3 Å². The standard InChI is InChI=1S/C12H16N4OS/c1-9(18(2)17)7-16-8-14-6-11(16)10-4-3-5-15-12(10)13/h3-6,8-9H,7H2,1-2H3,(H2,13,15). The van der Waals surface area contributed by atoms with Crippen LogP contribution in [0.5, 0.6) is 0 Å². The lowest BCUT2D eigenvalue weighted by Gasteiger charge is -2.13. The molecule has 0 radical (unpaired) electrons. The average Bonchev–Trinajstić information content (AvgIpc) is 2.77. The van der Waals surface area contributed by atoms with Crippen molar-refractivity contribution in [2.75, 3.05) is 12.0 Å². The van der Waals surface area contributed by atoms with E-state index in [0.717, 1.165) is 11.3 Å². The van der Waals surface area contributed by atoms with Crippen LogP contribution in [-0.2, 0) is 17.3 Å². The van der Waals surface area contributed by atoms with Crippen LogP contribution in [0.25, 0.3) is 11.3 Å². The number of hydrogen-bond acceptors (Lipinski definition) is 4. The molecule has 96 valence electrons. The lowest BCUT2D eigenvalue weighted by Crippen LogP contribution is -2.17. The fraction of sp³-hybridized carbons (Fsp3) is 0.333. The van der Waals surface area contributed by atoms with Gasteiger partial charge in [-0.15, -0.1) is 0 Å². The zero-order valence-electron chi connectivity index (χ0n) is 10.4. The predicted molar refractivity (Wildman–Crippen MR) is 73.4 cm³/mol. The highest BCUT2D eigenvalue weighted by Gasteiger charge is 2.13. The van der Waals surface area contributed by atoms with Gasteiger partial charge in [-0.2, -0.15) is 0 Å². The van der Waals surface area contributed by atoms with E-state index in [-0.39, 0.29) is 5.25 Å². The number of aromatic nitrogens is 3. The summed E-state index contributed by atoms with van der Waals surface area (Å²) in [6.45, 7) is 2.60. The fourth-order valence-electron chi connectivity index (χ4n) is 1.71. The molecule has 2 atom stereocenters. The number of imidazole rings is 1. The minimum Gasteiger partial charge on any atom is -0.383 e. The topological polar surface area (TPSA) is 73.8 Å². The van der Waals surface area contributed by atoms with Gasteiger partial charge in [0.05, 0.1) is 18.2 Å². The molecule has 5 nitrogen and oxygen atoms in total. The summed E-state index contributed by atoms with van der Waals surface area (Å²) in [5, 5.41) is 0.0656. The monoisotopic (exact) mass is 264 g/mol. The van der Waals surface area contributed by atoms with Crippen molar-refractivity contribution in [3.05, 3.63) is 30.9 Å². The molecule has 0 aliphatic rings. The highest BCUT2D eigenvalue weighted by atomic mass is 32.2. The molecule has 2 rings (SSSR count). The maximum atomic E-state index is 11.4. The van der Waals surface area contributed by atoms with Crippen LogP contribution in [0.4, 0.5) is 5.82 Å². The van der Waals surface area contributed by atoms with Crippen LogP contribution in [0.15, 0.2) is 30.9 Å². The highest BCUT2D eigenvalue weighted by molar-refractivity contribution is 7.84. The van der Waals surface area contributed by atoms with Crippen molar-refractivity contribution in [1.82, 2.24) is 14.5 Å². The Morgan fingerprint density at radius 1 is 1.56 bits per heavy atom. The molecule has 0 aliphatic carbocycles. The minimum absolute atomic E-state index is 0.0656. The highest BCUT2D eigenvalue weighted by Crippen LogP contribution is 2.23. The van der Waals surface area contributed by atoms with Crippen LogP contribution in [0, 0.1) is 0 Å². The van der Waals surface area contributed by atoms with Crippen molar-refractivity contribution < 1.29 is 4.21 Å². The first-order valence-electron chi connectivity index (χ1n) is 5.63. The molecule has 0 aromatic carbocycles. The molecule has 0 amide bonds. The van der Waals surface area contributed by atoms with E-state index in [4.69, 9.17) is 5.73 Å². The number of anilines is 1. The molecule has 0 saturated heterocycles. The maximum Gasteiger partial charge on any atom is 0.132 e.